The molecule has 0 aromatic heterocycles. The summed E-state index contributed by atoms with van der Waals surface area (Å²) in [6.45, 7) is 3.55. The van der Waals surface area contributed by atoms with Crippen LogP contribution >= 0.6 is 0 Å². The maximum Gasteiger partial charge on any atom is 0.308 e. The molecule has 0 aliphatic rings. The average Bonchev–Trinajstić information content (AvgIpc) is 2.14. The lowest BCUT2D eigenvalue weighted by molar-refractivity contribution is -0.131. The third-order valence-corrected chi connectivity index (χ3v) is 1.90. The van der Waals surface area contributed by atoms with Crippen LogP contribution in [0, 0.1) is 6.07 Å². The molecule has 0 heterocycles. The van der Waals surface area contributed by atoms with E-state index in [1.807, 2.05) is 12.1 Å². The number of unbranched alkanes of at least 4 members (excludes halogenated alkanes) is 1. The highest BCUT2D eigenvalue weighted by Gasteiger charge is 1.99. The highest BCUT2D eigenvalue weighted by atomic mass is 16.5. The van der Waals surface area contributed by atoms with Gasteiger partial charge in [0, 0.05) is 6.92 Å². The molecule has 0 amide bonds. The summed E-state index contributed by atoms with van der Waals surface area (Å²) >= 11 is 0. The zero-order chi connectivity index (χ0) is 10.4. The Balaban J connectivity index is 2.63. The van der Waals surface area contributed by atoms with E-state index in [0.29, 0.717) is 5.75 Å². The smallest absolute Gasteiger partial charge is 0.308 e. The fourth-order valence-corrected chi connectivity index (χ4v) is 1.25. The number of carbonyl (C=O) groups excluding carboxylic acids is 1. The second-order valence-electron chi connectivity index (χ2n) is 3.27. The van der Waals surface area contributed by atoms with Gasteiger partial charge in [-0.3, -0.25) is 4.79 Å². The van der Waals surface area contributed by atoms with Crippen molar-refractivity contribution >= 4 is 5.97 Å². The third-order valence-electron chi connectivity index (χ3n) is 1.90. The van der Waals surface area contributed by atoms with Crippen LogP contribution in [0.1, 0.15) is 32.3 Å². The molecule has 1 aromatic carbocycles. The number of aryl methyl sites for hydroxylation is 1. The zero-order valence-corrected chi connectivity index (χ0v) is 8.67. The van der Waals surface area contributed by atoms with Crippen LogP contribution in [0.4, 0.5) is 0 Å². The van der Waals surface area contributed by atoms with Crippen LogP contribution in [-0.4, -0.2) is 5.97 Å². The van der Waals surface area contributed by atoms with Crippen LogP contribution in [0.25, 0.3) is 0 Å². The lowest BCUT2D eigenvalue weighted by Crippen LogP contribution is -2.01. The highest BCUT2D eigenvalue weighted by Crippen LogP contribution is 2.14. The van der Waals surface area contributed by atoms with E-state index in [-0.39, 0.29) is 5.97 Å². The Morgan fingerprint density at radius 2 is 2.29 bits per heavy atom. The van der Waals surface area contributed by atoms with Gasteiger partial charge in [0.05, 0.1) is 0 Å². The lowest BCUT2D eigenvalue weighted by Gasteiger charge is -2.03. The van der Waals surface area contributed by atoms with E-state index in [1.54, 1.807) is 6.07 Å². The third kappa shape index (κ3) is 3.60. The Hall–Kier alpha value is -1.31. The fourth-order valence-electron chi connectivity index (χ4n) is 1.25. The van der Waals surface area contributed by atoms with Crippen molar-refractivity contribution in [2.24, 2.45) is 0 Å². The van der Waals surface area contributed by atoms with E-state index in [1.165, 1.54) is 12.5 Å². The molecule has 1 aromatic rings. The molecular weight excluding hydrogens is 176 g/mol. The molecule has 0 bridgehead atoms. The molecule has 1 rings (SSSR count). The molecule has 75 valence electrons. The van der Waals surface area contributed by atoms with Crippen molar-refractivity contribution in [2.75, 3.05) is 0 Å². The molecule has 0 spiro atoms. The van der Waals surface area contributed by atoms with E-state index >= 15 is 0 Å². The van der Waals surface area contributed by atoms with Crippen molar-refractivity contribution in [3.63, 3.8) is 0 Å². The van der Waals surface area contributed by atoms with Crippen LogP contribution in [0.5, 0.6) is 5.75 Å². The summed E-state index contributed by atoms with van der Waals surface area (Å²) in [5.74, 6) is 0.303. The van der Waals surface area contributed by atoms with Gasteiger partial charge in [0.15, 0.2) is 0 Å². The van der Waals surface area contributed by atoms with Gasteiger partial charge in [0.1, 0.15) is 5.75 Å². The van der Waals surface area contributed by atoms with Gasteiger partial charge in [0.2, 0.25) is 0 Å². The standard InChI is InChI=1S/C12H15O2/c1-3-4-6-11-7-5-8-12(9-11)14-10(2)13/h7-9H,3-4,6H2,1-2H3. The van der Waals surface area contributed by atoms with Crippen LogP contribution < -0.4 is 4.74 Å². The van der Waals surface area contributed by atoms with Crippen molar-refractivity contribution in [1.29, 1.82) is 0 Å². The Bertz CT molecular complexity index is 305. The van der Waals surface area contributed by atoms with Gasteiger partial charge in [-0.15, -0.1) is 0 Å². The molecule has 0 saturated carbocycles. The Morgan fingerprint density at radius 3 is 2.93 bits per heavy atom. The quantitative estimate of drug-likeness (QED) is 0.540. The molecule has 0 aliphatic heterocycles. The number of esters is 1. The normalized spacial score (nSPS) is 9.86. The van der Waals surface area contributed by atoms with Crippen LogP contribution in [0.15, 0.2) is 18.2 Å². The molecule has 0 aliphatic carbocycles. The summed E-state index contributed by atoms with van der Waals surface area (Å²) in [6.07, 6.45) is 3.33. The van der Waals surface area contributed by atoms with Gasteiger partial charge in [0.25, 0.3) is 0 Å². The van der Waals surface area contributed by atoms with Crippen molar-refractivity contribution < 1.29 is 9.53 Å². The summed E-state index contributed by atoms with van der Waals surface area (Å²) in [5.41, 5.74) is 1.17. The first-order chi connectivity index (χ1) is 6.72. The predicted octanol–water partition coefficient (Wildman–Crippen LogP) is 2.75. The minimum atomic E-state index is -0.286. The first kappa shape index (κ1) is 10.8. The van der Waals surface area contributed by atoms with Crippen LogP contribution in [-0.2, 0) is 11.2 Å². The average molecular weight is 191 g/mol. The van der Waals surface area contributed by atoms with E-state index in [4.69, 9.17) is 4.74 Å². The number of ether oxygens (including phenoxy) is 1. The molecule has 0 saturated heterocycles. The van der Waals surface area contributed by atoms with Gasteiger partial charge in [-0.2, -0.15) is 0 Å². The zero-order valence-electron chi connectivity index (χ0n) is 8.67. The van der Waals surface area contributed by atoms with Crippen molar-refractivity contribution in [2.45, 2.75) is 33.1 Å². The summed E-state index contributed by atoms with van der Waals surface area (Å²) < 4.78 is 4.96. The maximum atomic E-state index is 10.7. The minimum Gasteiger partial charge on any atom is -0.427 e. The Morgan fingerprint density at radius 1 is 1.50 bits per heavy atom. The Kier molecular flexibility index (Phi) is 4.17. The second kappa shape index (κ2) is 5.43. The molecule has 0 fully saturated rings. The Labute approximate surface area is 84.9 Å². The molecule has 2 nitrogen and oxygen atoms in total. The molecule has 0 atom stereocenters. The molecule has 0 unspecified atom stereocenters. The fraction of sp³-hybridized carbons (Fsp3) is 0.417. The van der Waals surface area contributed by atoms with Gasteiger partial charge in [-0.1, -0.05) is 19.4 Å². The number of carbonyl (C=O) groups is 1. The van der Waals surface area contributed by atoms with E-state index in [2.05, 4.69) is 13.0 Å². The van der Waals surface area contributed by atoms with E-state index < -0.39 is 0 Å². The van der Waals surface area contributed by atoms with Crippen molar-refractivity contribution in [3.05, 3.63) is 29.8 Å². The number of hydrogen-bond donors (Lipinski definition) is 0. The summed E-state index contributed by atoms with van der Waals surface area (Å²) in [4.78, 5) is 10.7. The monoisotopic (exact) mass is 191 g/mol. The van der Waals surface area contributed by atoms with Crippen LogP contribution in [0.3, 0.4) is 0 Å². The largest absolute Gasteiger partial charge is 0.427 e. The number of benzene rings is 1. The summed E-state index contributed by atoms with van der Waals surface area (Å²) in [7, 11) is 0. The molecule has 0 N–H and O–H groups in total. The predicted molar refractivity (Wildman–Crippen MR) is 55.2 cm³/mol. The molecule has 2 heteroatoms. The van der Waals surface area contributed by atoms with E-state index in [0.717, 1.165) is 19.3 Å². The highest BCUT2D eigenvalue weighted by molar-refractivity contribution is 5.69. The second-order valence-corrected chi connectivity index (χ2v) is 3.27. The topological polar surface area (TPSA) is 26.3 Å². The number of hydrogen-bond acceptors (Lipinski definition) is 2. The summed E-state index contributed by atoms with van der Waals surface area (Å²) in [6, 6.07) is 8.47. The van der Waals surface area contributed by atoms with Gasteiger partial charge >= 0.3 is 5.97 Å². The van der Waals surface area contributed by atoms with Gasteiger partial charge in [-0.05, 0) is 36.6 Å². The minimum absolute atomic E-state index is 0.286. The molecular formula is C12H15O2. The van der Waals surface area contributed by atoms with Crippen molar-refractivity contribution in [1.82, 2.24) is 0 Å². The SMILES string of the molecule is CCCCc1c[c]cc(OC(C)=O)c1. The van der Waals surface area contributed by atoms with Crippen LogP contribution in [0.2, 0.25) is 0 Å². The maximum absolute atomic E-state index is 10.7. The van der Waals surface area contributed by atoms with Gasteiger partial charge < -0.3 is 4.74 Å². The summed E-state index contributed by atoms with van der Waals surface area (Å²) in [5, 5.41) is 0. The van der Waals surface area contributed by atoms with Crippen molar-refractivity contribution in [3.8, 4) is 5.75 Å². The first-order valence-corrected chi connectivity index (χ1v) is 4.91. The van der Waals surface area contributed by atoms with Gasteiger partial charge in [-0.25, -0.2) is 0 Å². The lowest BCUT2D eigenvalue weighted by atomic mass is 10.1. The first-order valence-electron chi connectivity index (χ1n) is 4.91. The molecule has 14 heavy (non-hydrogen) atoms. The number of rotatable bonds is 4. The van der Waals surface area contributed by atoms with E-state index in [9.17, 15) is 4.79 Å². The molecule has 1 radical (unpaired) electrons.